The highest BCUT2D eigenvalue weighted by Gasteiger charge is 2.38. The van der Waals surface area contributed by atoms with Crippen molar-refractivity contribution in [3.8, 4) is 10.4 Å². The van der Waals surface area contributed by atoms with Crippen LogP contribution < -0.4 is 10.2 Å². The number of benzene rings is 1. The molecule has 2 aliphatic rings. The first-order chi connectivity index (χ1) is 17.4. The maximum absolute atomic E-state index is 13.7. The molecule has 1 aromatic carbocycles. The molecule has 0 spiro atoms. The predicted molar refractivity (Wildman–Crippen MR) is 143 cm³/mol. The van der Waals surface area contributed by atoms with Crippen LogP contribution >= 0.6 is 22.7 Å². The fraction of sp³-hybridized carbons (Fsp3) is 0.407. The van der Waals surface area contributed by atoms with Gasteiger partial charge in [0, 0.05) is 27.9 Å². The van der Waals surface area contributed by atoms with E-state index in [-0.39, 0.29) is 28.7 Å². The van der Waals surface area contributed by atoms with Crippen molar-refractivity contribution in [2.24, 2.45) is 11.8 Å². The lowest BCUT2D eigenvalue weighted by molar-refractivity contribution is -0.124. The van der Waals surface area contributed by atoms with Gasteiger partial charge in [-0.1, -0.05) is 19.1 Å². The number of nitrogens with one attached hydrogen (secondary N) is 1. The molecule has 0 atom stereocenters. The monoisotopic (exact) mass is 523 g/mol. The second-order valence-electron chi connectivity index (χ2n) is 9.79. The number of thiophene rings is 1. The fourth-order valence-corrected chi connectivity index (χ4v) is 6.46. The van der Waals surface area contributed by atoms with E-state index in [9.17, 15) is 19.5 Å². The summed E-state index contributed by atoms with van der Waals surface area (Å²) < 4.78 is 0. The predicted octanol–water partition coefficient (Wildman–Crippen LogP) is 6.53. The van der Waals surface area contributed by atoms with E-state index in [1.165, 1.54) is 22.7 Å². The molecule has 0 aliphatic heterocycles. The van der Waals surface area contributed by atoms with Crippen LogP contribution in [0.2, 0.25) is 0 Å². The summed E-state index contributed by atoms with van der Waals surface area (Å²) in [5.74, 6) is -0.598. The molecule has 2 fully saturated rings. The number of aromatic carboxylic acids is 1. The molecule has 2 amide bonds. The maximum Gasteiger partial charge on any atom is 0.348 e. The summed E-state index contributed by atoms with van der Waals surface area (Å²) in [6.07, 6.45) is 6.71. The van der Waals surface area contributed by atoms with Crippen LogP contribution in [-0.2, 0) is 4.79 Å². The molecule has 2 aromatic heterocycles. The third-order valence-corrected chi connectivity index (χ3v) is 9.05. The van der Waals surface area contributed by atoms with Crippen molar-refractivity contribution in [1.29, 1.82) is 0 Å². The third kappa shape index (κ3) is 5.08. The molecule has 0 saturated heterocycles. The Morgan fingerprint density at radius 3 is 2.36 bits per heavy atom. The Labute approximate surface area is 218 Å². The Balaban J connectivity index is 1.41. The van der Waals surface area contributed by atoms with Crippen LogP contribution in [0.1, 0.15) is 72.0 Å². The van der Waals surface area contributed by atoms with Gasteiger partial charge in [-0.25, -0.2) is 9.78 Å². The van der Waals surface area contributed by atoms with Crippen LogP contribution in [0.4, 0.5) is 11.4 Å². The van der Waals surface area contributed by atoms with E-state index >= 15 is 0 Å². The number of rotatable bonds is 7. The molecule has 3 aromatic rings. The topological polar surface area (TPSA) is 99.6 Å². The Hall–Kier alpha value is -3.04. The summed E-state index contributed by atoms with van der Waals surface area (Å²) in [4.78, 5) is 45.0. The molecule has 0 bridgehead atoms. The van der Waals surface area contributed by atoms with Crippen molar-refractivity contribution in [1.82, 2.24) is 4.98 Å². The zero-order valence-corrected chi connectivity index (χ0v) is 21.7. The second kappa shape index (κ2) is 10.5. The lowest BCUT2D eigenvalue weighted by Crippen LogP contribution is -2.48. The lowest BCUT2D eigenvalue weighted by Gasteiger charge is -2.40. The first kappa shape index (κ1) is 24.6. The number of thiazole rings is 1. The van der Waals surface area contributed by atoms with Gasteiger partial charge in [-0.15, -0.1) is 22.7 Å². The van der Waals surface area contributed by atoms with Gasteiger partial charge in [0.1, 0.15) is 10.6 Å². The molecular weight excluding hydrogens is 494 g/mol. The normalized spacial score (nSPS) is 19.9. The molecule has 0 radical (unpaired) electrons. The summed E-state index contributed by atoms with van der Waals surface area (Å²) >= 11 is 2.55. The van der Waals surface area contributed by atoms with Gasteiger partial charge in [0.15, 0.2) is 0 Å². The number of hydrogen-bond donors (Lipinski definition) is 2. The van der Waals surface area contributed by atoms with Crippen molar-refractivity contribution in [3.63, 3.8) is 0 Å². The number of amides is 2. The van der Waals surface area contributed by atoms with E-state index in [1.807, 2.05) is 23.1 Å². The van der Waals surface area contributed by atoms with Gasteiger partial charge >= 0.3 is 5.97 Å². The Morgan fingerprint density at radius 2 is 1.78 bits per heavy atom. The maximum atomic E-state index is 13.7. The van der Waals surface area contributed by atoms with E-state index in [1.54, 1.807) is 23.0 Å². The minimum atomic E-state index is -1.01. The highest BCUT2D eigenvalue weighted by molar-refractivity contribution is 7.18. The number of carbonyl (C=O) groups is 3. The number of hydrogen-bond acceptors (Lipinski definition) is 6. The van der Waals surface area contributed by atoms with Gasteiger partial charge in [0.25, 0.3) is 5.91 Å². The van der Waals surface area contributed by atoms with Crippen molar-refractivity contribution >= 4 is 51.8 Å². The summed E-state index contributed by atoms with van der Waals surface area (Å²) in [6.45, 7) is 2.23. The molecular formula is C27H29N3O4S2. The van der Waals surface area contributed by atoms with E-state index < -0.39 is 5.97 Å². The van der Waals surface area contributed by atoms with Gasteiger partial charge in [0.05, 0.1) is 11.2 Å². The molecule has 5 rings (SSSR count). The molecule has 2 saturated carbocycles. The minimum absolute atomic E-state index is 0.0348. The second-order valence-corrected chi connectivity index (χ2v) is 11.6. The average molecular weight is 524 g/mol. The average Bonchev–Trinajstić information content (AvgIpc) is 3.53. The molecule has 36 heavy (non-hydrogen) atoms. The Bertz CT molecular complexity index is 1240. The van der Waals surface area contributed by atoms with Crippen molar-refractivity contribution < 1.29 is 19.5 Å². The molecule has 2 aliphatic carbocycles. The fourth-order valence-electron chi connectivity index (χ4n) is 4.94. The molecule has 188 valence electrons. The van der Waals surface area contributed by atoms with Crippen molar-refractivity contribution in [2.75, 3.05) is 10.2 Å². The molecule has 7 nitrogen and oxygen atoms in total. The minimum Gasteiger partial charge on any atom is -0.477 e. The van der Waals surface area contributed by atoms with Crippen molar-refractivity contribution in [3.05, 3.63) is 51.8 Å². The quantitative estimate of drug-likeness (QED) is 0.367. The standard InChI is InChI=1S/C27H29N3O4S2/c1-16-5-7-18(8-6-16)26(32)30(20-3-2-4-20)22-13-23(36-24(22)27(33)34)17-9-11-19(12-10-17)29-25(31)21-14-35-15-28-21/h9-16,18,20H,2-8H2,1H3,(H,29,31)(H,33,34). The lowest BCUT2D eigenvalue weighted by atomic mass is 9.81. The number of nitrogens with zero attached hydrogens (tertiary/aromatic N) is 2. The Kier molecular flexibility index (Phi) is 7.20. The first-order valence-corrected chi connectivity index (χ1v) is 14.2. The van der Waals surface area contributed by atoms with Crippen LogP contribution in [0.15, 0.2) is 41.2 Å². The van der Waals surface area contributed by atoms with Gasteiger partial charge in [-0.3, -0.25) is 9.59 Å². The largest absolute Gasteiger partial charge is 0.477 e. The zero-order valence-electron chi connectivity index (χ0n) is 20.1. The highest BCUT2D eigenvalue weighted by atomic mass is 32.1. The van der Waals surface area contributed by atoms with Crippen LogP contribution in [0.5, 0.6) is 0 Å². The van der Waals surface area contributed by atoms with Crippen LogP contribution in [0.25, 0.3) is 10.4 Å². The highest BCUT2D eigenvalue weighted by Crippen LogP contribution is 2.42. The van der Waals surface area contributed by atoms with Gasteiger partial charge in [-0.2, -0.15) is 0 Å². The molecule has 0 unspecified atom stereocenters. The molecule has 2 heterocycles. The molecule has 2 N–H and O–H groups in total. The van der Waals surface area contributed by atoms with Crippen LogP contribution in [-0.4, -0.2) is 33.9 Å². The smallest absolute Gasteiger partial charge is 0.348 e. The number of anilines is 2. The van der Waals surface area contributed by atoms with Gasteiger partial charge in [-0.05, 0) is 74.6 Å². The van der Waals surface area contributed by atoms with E-state index in [0.717, 1.165) is 55.4 Å². The number of carboxylic acids is 1. The Morgan fingerprint density at radius 1 is 1.06 bits per heavy atom. The third-order valence-electron chi connectivity index (χ3n) is 7.30. The van der Waals surface area contributed by atoms with E-state index in [2.05, 4.69) is 17.2 Å². The van der Waals surface area contributed by atoms with E-state index in [0.29, 0.717) is 23.0 Å². The van der Waals surface area contributed by atoms with Crippen molar-refractivity contribution in [2.45, 2.75) is 57.9 Å². The first-order valence-electron chi connectivity index (χ1n) is 12.4. The van der Waals surface area contributed by atoms with Crippen LogP contribution in [0.3, 0.4) is 0 Å². The van der Waals surface area contributed by atoms with Gasteiger partial charge in [0.2, 0.25) is 5.91 Å². The van der Waals surface area contributed by atoms with Crippen LogP contribution in [0, 0.1) is 11.8 Å². The SMILES string of the molecule is CC1CCC(C(=O)N(c2cc(-c3ccc(NC(=O)c4cscn4)cc3)sc2C(=O)O)C2CCC2)CC1. The number of carbonyl (C=O) groups excluding carboxylic acids is 2. The summed E-state index contributed by atoms with van der Waals surface area (Å²) in [7, 11) is 0. The summed E-state index contributed by atoms with van der Waals surface area (Å²) in [5, 5.41) is 14.5. The summed E-state index contributed by atoms with van der Waals surface area (Å²) in [5.41, 5.74) is 3.97. The van der Waals surface area contributed by atoms with Gasteiger partial charge < -0.3 is 15.3 Å². The summed E-state index contributed by atoms with van der Waals surface area (Å²) in [6, 6.07) is 9.22. The van der Waals surface area contributed by atoms with E-state index in [4.69, 9.17) is 0 Å². The zero-order chi connectivity index (χ0) is 25.2. The number of aromatic nitrogens is 1. The number of carboxylic acid groups (broad SMARTS) is 1. The molecule has 9 heteroatoms.